The molecule has 0 radical (unpaired) electrons. The highest BCUT2D eigenvalue weighted by atomic mass is 16.1. The molecule has 1 nitrogen and oxygen atoms in total. The largest absolute Gasteiger partial charge is 0.298 e. The molecule has 0 aromatic carbocycles. The van der Waals surface area contributed by atoms with Crippen LogP contribution < -0.4 is 0 Å². The van der Waals surface area contributed by atoms with Crippen LogP contribution in [0.4, 0.5) is 0 Å². The predicted molar refractivity (Wildman–Crippen MR) is 67.1 cm³/mol. The second kappa shape index (κ2) is 4.57. The van der Waals surface area contributed by atoms with Gasteiger partial charge in [0.2, 0.25) is 0 Å². The first kappa shape index (κ1) is 11.6. The number of allylic oxidation sites excluding steroid dienone is 4. The van der Waals surface area contributed by atoms with E-state index in [4.69, 9.17) is 0 Å². The standard InChI is InChI=1S/C15H22O/c1-10(9-16)8-13-6-4-11(2)14-7-5-12(3)15(13)14/h8-9,11,13-14H,4-7H2,1-3H3/b10-8-/t11-,13-,14+/m0/s1. The number of carbonyl (C=O) groups excluding carboxylic acids is 1. The van der Waals surface area contributed by atoms with E-state index in [1.807, 2.05) is 6.92 Å². The van der Waals surface area contributed by atoms with E-state index < -0.39 is 0 Å². The van der Waals surface area contributed by atoms with Crippen LogP contribution in [0.3, 0.4) is 0 Å². The van der Waals surface area contributed by atoms with E-state index >= 15 is 0 Å². The smallest absolute Gasteiger partial charge is 0.145 e. The number of carbonyl (C=O) groups is 1. The summed E-state index contributed by atoms with van der Waals surface area (Å²) in [5.41, 5.74) is 4.15. The second-order valence-corrected chi connectivity index (χ2v) is 5.57. The molecular formula is C15H22O. The fourth-order valence-electron chi connectivity index (χ4n) is 3.50. The van der Waals surface area contributed by atoms with Crippen molar-refractivity contribution in [1.82, 2.24) is 0 Å². The summed E-state index contributed by atoms with van der Waals surface area (Å²) in [4.78, 5) is 10.7. The van der Waals surface area contributed by atoms with Crippen molar-refractivity contribution in [2.24, 2.45) is 17.8 Å². The average Bonchev–Trinajstić information content (AvgIpc) is 2.66. The minimum Gasteiger partial charge on any atom is -0.298 e. The van der Waals surface area contributed by atoms with Gasteiger partial charge in [-0.3, -0.25) is 4.79 Å². The topological polar surface area (TPSA) is 17.1 Å². The lowest BCUT2D eigenvalue weighted by molar-refractivity contribution is -0.104. The summed E-state index contributed by atoms with van der Waals surface area (Å²) in [7, 11) is 0. The molecule has 1 heteroatoms. The lowest BCUT2D eigenvalue weighted by Crippen LogP contribution is -2.23. The summed E-state index contributed by atoms with van der Waals surface area (Å²) in [5.74, 6) is 2.19. The van der Waals surface area contributed by atoms with E-state index in [0.29, 0.717) is 5.92 Å². The number of rotatable bonds is 2. The van der Waals surface area contributed by atoms with Crippen molar-refractivity contribution in [2.75, 3.05) is 0 Å². The van der Waals surface area contributed by atoms with Gasteiger partial charge in [0.15, 0.2) is 0 Å². The molecule has 16 heavy (non-hydrogen) atoms. The third-order valence-corrected chi connectivity index (χ3v) is 4.39. The molecule has 88 valence electrons. The normalized spacial score (nSPS) is 35.2. The Hall–Kier alpha value is -0.850. The highest BCUT2D eigenvalue weighted by Gasteiger charge is 2.35. The number of hydrogen-bond acceptors (Lipinski definition) is 1. The van der Waals surface area contributed by atoms with E-state index in [0.717, 1.165) is 23.7 Å². The fraction of sp³-hybridized carbons (Fsp3) is 0.667. The third kappa shape index (κ3) is 2.00. The van der Waals surface area contributed by atoms with Crippen molar-refractivity contribution in [3.8, 4) is 0 Å². The van der Waals surface area contributed by atoms with Crippen LogP contribution >= 0.6 is 0 Å². The molecule has 0 heterocycles. The molecular weight excluding hydrogens is 196 g/mol. The van der Waals surface area contributed by atoms with Gasteiger partial charge in [-0.05, 0) is 62.9 Å². The van der Waals surface area contributed by atoms with Crippen LogP contribution in [0.25, 0.3) is 0 Å². The van der Waals surface area contributed by atoms with Crippen LogP contribution in [-0.4, -0.2) is 6.29 Å². The van der Waals surface area contributed by atoms with Crippen LogP contribution in [0.1, 0.15) is 46.5 Å². The zero-order chi connectivity index (χ0) is 11.7. The molecule has 1 fully saturated rings. The first-order valence-electron chi connectivity index (χ1n) is 6.46. The monoisotopic (exact) mass is 218 g/mol. The van der Waals surface area contributed by atoms with Crippen molar-refractivity contribution < 1.29 is 4.79 Å². The van der Waals surface area contributed by atoms with Gasteiger partial charge in [-0.1, -0.05) is 24.1 Å². The van der Waals surface area contributed by atoms with Gasteiger partial charge in [-0.15, -0.1) is 0 Å². The van der Waals surface area contributed by atoms with Crippen LogP contribution in [-0.2, 0) is 4.79 Å². The molecule has 0 aliphatic heterocycles. The lowest BCUT2D eigenvalue weighted by atomic mass is 9.71. The van der Waals surface area contributed by atoms with Gasteiger partial charge >= 0.3 is 0 Å². The maximum atomic E-state index is 10.7. The Morgan fingerprint density at radius 2 is 2.06 bits per heavy atom. The Morgan fingerprint density at radius 3 is 2.75 bits per heavy atom. The maximum absolute atomic E-state index is 10.7. The Bertz CT molecular complexity index is 348. The number of hydrogen-bond donors (Lipinski definition) is 0. The van der Waals surface area contributed by atoms with E-state index in [1.165, 1.54) is 25.7 Å². The minimum absolute atomic E-state index is 0.550. The molecule has 2 rings (SSSR count). The van der Waals surface area contributed by atoms with Gasteiger partial charge in [0.25, 0.3) is 0 Å². The number of aldehydes is 1. The van der Waals surface area contributed by atoms with Gasteiger partial charge < -0.3 is 0 Å². The van der Waals surface area contributed by atoms with Crippen molar-refractivity contribution in [3.63, 3.8) is 0 Å². The summed E-state index contributed by atoms with van der Waals surface area (Å²) in [6, 6.07) is 0. The minimum atomic E-state index is 0.550. The lowest BCUT2D eigenvalue weighted by Gasteiger charge is -2.34. The first-order chi connectivity index (χ1) is 7.63. The zero-order valence-electron chi connectivity index (χ0n) is 10.6. The molecule has 2 aliphatic carbocycles. The van der Waals surface area contributed by atoms with Gasteiger partial charge in [0.05, 0.1) is 0 Å². The maximum Gasteiger partial charge on any atom is 0.145 e. The summed E-state index contributed by atoms with van der Waals surface area (Å²) >= 11 is 0. The Labute approximate surface area is 98.6 Å². The van der Waals surface area contributed by atoms with Crippen LogP contribution in [0.2, 0.25) is 0 Å². The van der Waals surface area contributed by atoms with Gasteiger partial charge in [-0.2, -0.15) is 0 Å². The first-order valence-corrected chi connectivity index (χ1v) is 6.46. The summed E-state index contributed by atoms with van der Waals surface area (Å²) in [5, 5.41) is 0. The van der Waals surface area contributed by atoms with E-state index in [9.17, 15) is 4.79 Å². The van der Waals surface area contributed by atoms with Crippen LogP contribution in [0.15, 0.2) is 22.8 Å². The quantitative estimate of drug-likeness (QED) is 0.390. The SMILES string of the molecule is CC1=C2[C@H](/C=C(/C)C=O)CC[C@H](C)[C@H]2CC1. The van der Waals surface area contributed by atoms with Gasteiger partial charge in [0.1, 0.15) is 6.29 Å². The Kier molecular flexibility index (Phi) is 3.32. The molecule has 0 N–H and O–H groups in total. The van der Waals surface area contributed by atoms with E-state index in [-0.39, 0.29) is 0 Å². The van der Waals surface area contributed by atoms with Crippen molar-refractivity contribution in [1.29, 1.82) is 0 Å². The summed E-state index contributed by atoms with van der Waals surface area (Å²) in [6.07, 6.45) is 8.33. The molecule has 0 aromatic heterocycles. The predicted octanol–water partition coefficient (Wildman–Crippen LogP) is 3.90. The molecule has 2 aliphatic rings. The highest BCUT2D eigenvalue weighted by Crippen LogP contribution is 2.48. The fourth-order valence-corrected chi connectivity index (χ4v) is 3.50. The molecule has 0 bridgehead atoms. The van der Waals surface area contributed by atoms with Gasteiger partial charge in [0, 0.05) is 0 Å². The zero-order valence-corrected chi connectivity index (χ0v) is 10.6. The summed E-state index contributed by atoms with van der Waals surface area (Å²) in [6.45, 7) is 6.59. The number of fused-ring (bicyclic) bond motifs is 1. The molecule has 0 saturated heterocycles. The van der Waals surface area contributed by atoms with Crippen LogP contribution in [0, 0.1) is 17.8 Å². The Balaban J connectivity index is 2.27. The van der Waals surface area contributed by atoms with Gasteiger partial charge in [-0.25, -0.2) is 0 Å². The van der Waals surface area contributed by atoms with Crippen molar-refractivity contribution in [2.45, 2.75) is 46.5 Å². The van der Waals surface area contributed by atoms with Crippen molar-refractivity contribution >= 4 is 6.29 Å². The Morgan fingerprint density at radius 1 is 1.31 bits per heavy atom. The molecule has 0 amide bonds. The molecule has 0 spiro atoms. The van der Waals surface area contributed by atoms with E-state index in [2.05, 4.69) is 19.9 Å². The average molecular weight is 218 g/mol. The molecule has 3 atom stereocenters. The second-order valence-electron chi connectivity index (χ2n) is 5.57. The molecule has 0 unspecified atom stereocenters. The van der Waals surface area contributed by atoms with E-state index in [1.54, 1.807) is 11.1 Å². The summed E-state index contributed by atoms with van der Waals surface area (Å²) < 4.78 is 0. The molecule has 0 aromatic rings. The van der Waals surface area contributed by atoms with Crippen LogP contribution in [0.5, 0.6) is 0 Å². The van der Waals surface area contributed by atoms with Crippen molar-refractivity contribution in [3.05, 3.63) is 22.8 Å². The molecule has 1 saturated carbocycles. The third-order valence-electron chi connectivity index (χ3n) is 4.39. The highest BCUT2D eigenvalue weighted by molar-refractivity contribution is 5.72.